The lowest BCUT2D eigenvalue weighted by Crippen LogP contribution is -2.43. The minimum Gasteiger partial charge on any atom is -0.444 e. The number of likely N-dealkylation sites (tertiary alicyclic amines) is 1. The second-order valence-electron chi connectivity index (χ2n) is 14.8. The van der Waals surface area contributed by atoms with Gasteiger partial charge in [-0.1, -0.05) is 26.0 Å². The zero-order chi connectivity index (χ0) is 33.3. The van der Waals surface area contributed by atoms with Gasteiger partial charge in [-0.2, -0.15) is 0 Å². The Morgan fingerprint density at radius 2 is 1.79 bits per heavy atom. The number of piperidine rings is 1. The Morgan fingerprint density at radius 1 is 1.04 bits per heavy atom. The number of pyridine rings is 1. The number of amides is 2. The van der Waals surface area contributed by atoms with Crippen molar-refractivity contribution in [3.05, 3.63) is 58.6 Å². The highest BCUT2D eigenvalue weighted by Gasteiger charge is 2.37. The molecule has 1 N–H and O–H groups in total. The maximum Gasteiger partial charge on any atom is 0.410 e. The van der Waals surface area contributed by atoms with Crippen LogP contribution in [0, 0.1) is 11.3 Å². The molecule has 6 rings (SSSR count). The van der Waals surface area contributed by atoms with Crippen molar-refractivity contribution in [3.63, 3.8) is 0 Å². The first-order chi connectivity index (χ1) is 22.4. The lowest BCUT2D eigenvalue weighted by molar-refractivity contribution is 0.0183. The van der Waals surface area contributed by atoms with E-state index in [2.05, 4.69) is 30.1 Å². The number of Topliss-reactive ketones (excluding diaryl/α,β-unsaturated/α-hetero) is 1. The van der Waals surface area contributed by atoms with Crippen molar-refractivity contribution in [2.45, 2.75) is 65.9 Å². The Morgan fingerprint density at radius 3 is 2.51 bits per heavy atom. The van der Waals surface area contributed by atoms with E-state index in [9.17, 15) is 14.4 Å². The maximum atomic E-state index is 13.3. The van der Waals surface area contributed by atoms with Gasteiger partial charge < -0.3 is 24.6 Å². The number of nitrogens with zero attached hydrogens (tertiary/aromatic N) is 3. The molecule has 2 aliphatic heterocycles. The molecule has 1 aliphatic carbocycles. The van der Waals surface area contributed by atoms with Crippen LogP contribution in [0.3, 0.4) is 0 Å². The number of nitrogens with one attached hydrogen (secondary N) is 1. The summed E-state index contributed by atoms with van der Waals surface area (Å²) >= 11 is 1.62. The fourth-order valence-electron chi connectivity index (χ4n) is 6.74. The van der Waals surface area contributed by atoms with Gasteiger partial charge in [0.15, 0.2) is 5.78 Å². The zero-order valence-electron chi connectivity index (χ0n) is 28.2. The first-order valence-electron chi connectivity index (χ1n) is 16.7. The Hall–Kier alpha value is -3.76. The number of aromatic nitrogens is 1. The maximum absolute atomic E-state index is 13.3. The predicted octanol–water partition coefficient (Wildman–Crippen LogP) is 6.85. The minimum absolute atomic E-state index is 0.102. The van der Waals surface area contributed by atoms with Gasteiger partial charge >= 0.3 is 6.09 Å². The Kier molecular flexibility index (Phi) is 9.45. The molecule has 10 heteroatoms. The van der Waals surface area contributed by atoms with Crippen LogP contribution in [0.4, 0.5) is 9.80 Å². The largest absolute Gasteiger partial charge is 0.444 e. The van der Waals surface area contributed by atoms with Gasteiger partial charge in [0.2, 0.25) is 0 Å². The van der Waals surface area contributed by atoms with Gasteiger partial charge in [0.05, 0.1) is 28.8 Å². The molecule has 2 amide bonds. The van der Waals surface area contributed by atoms with Gasteiger partial charge in [-0.05, 0) is 86.8 Å². The van der Waals surface area contributed by atoms with Crippen LogP contribution in [0.15, 0.2) is 42.6 Å². The van der Waals surface area contributed by atoms with E-state index in [0.29, 0.717) is 50.8 Å². The molecule has 9 nitrogen and oxygen atoms in total. The van der Waals surface area contributed by atoms with Gasteiger partial charge in [-0.15, -0.1) is 11.3 Å². The molecule has 0 bridgehead atoms. The van der Waals surface area contributed by atoms with Crippen molar-refractivity contribution >= 4 is 34.1 Å². The molecular weight excluding hydrogens is 612 g/mol. The van der Waals surface area contributed by atoms with Crippen LogP contribution in [0.25, 0.3) is 22.4 Å². The monoisotopic (exact) mass is 658 g/mol. The standard InChI is InChI=1S/C37H46N4O5S/c1-36(2,3)46-35(44)41-13-10-24(11-14-41)23-39-33(43)27-8-6-7-25(19-27)29-20-26(9-12-38-29)31-28-21-37(4,5)22-30(42)32(28)47-34(31)40-15-17-45-18-16-40/h6-9,12,19-20,24H,10-11,13-18,21-23H2,1-5H3,(H,39,43). The number of thiophene rings is 1. The van der Waals surface area contributed by atoms with Gasteiger partial charge in [0, 0.05) is 62.0 Å². The number of fused-ring (bicyclic) bond motifs is 1. The number of benzene rings is 1. The van der Waals surface area contributed by atoms with Crippen LogP contribution >= 0.6 is 11.3 Å². The van der Waals surface area contributed by atoms with Crippen LogP contribution in [0.2, 0.25) is 0 Å². The molecule has 0 atom stereocenters. The SMILES string of the molecule is CC1(C)CC(=O)c2sc(N3CCOCC3)c(-c3ccnc(-c4cccc(C(=O)NCC5CCN(C(=O)OC(C)(C)C)CC5)c4)c3)c2C1. The van der Waals surface area contributed by atoms with E-state index in [4.69, 9.17) is 14.5 Å². The Labute approximate surface area is 281 Å². The molecule has 4 heterocycles. The molecule has 0 radical (unpaired) electrons. The molecule has 250 valence electrons. The minimum atomic E-state index is -0.514. The van der Waals surface area contributed by atoms with Gasteiger partial charge in [-0.25, -0.2) is 4.79 Å². The summed E-state index contributed by atoms with van der Waals surface area (Å²) in [5.74, 6) is 0.400. The van der Waals surface area contributed by atoms with Gasteiger partial charge in [0.25, 0.3) is 5.91 Å². The van der Waals surface area contributed by atoms with Crippen LogP contribution < -0.4 is 10.2 Å². The van der Waals surface area contributed by atoms with Crippen molar-refractivity contribution in [2.24, 2.45) is 11.3 Å². The molecule has 3 aliphatic rings. The average molecular weight is 659 g/mol. The summed E-state index contributed by atoms with van der Waals surface area (Å²) in [5, 5.41) is 4.24. The third-order valence-corrected chi connectivity index (χ3v) is 10.5. The molecule has 3 aromatic rings. The Bertz CT molecular complexity index is 1640. The van der Waals surface area contributed by atoms with E-state index in [1.807, 2.05) is 57.3 Å². The van der Waals surface area contributed by atoms with Crippen molar-refractivity contribution in [3.8, 4) is 22.4 Å². The fourth-order valence-corrected chi connectivity index (χ4v) is 8.07. The fraction of sp³-hybridized carbons (Fsp3) is 0.514. The topological polar surface area (TPSA) is 101 Å². The third-order valence-electron chi connectivity index (χ3n) is 9.12. The molecule has 2 aromatic heterocycles. The summed E-state index contributed by atoms with van der Waals surface area (Å²) in [6.45, 7) is 14.7. The molecule has 1 aromatic carbocycles. The summed E-state index contributed by atoms with van der Waals surface area (Å²) in [4.78, 5) is 48.7. The zero-order valence-corrected chi connectivity index (χ0v) is 29.0. The average Bonchev–Trinajstić information content (AvgIpc) is 3.42. The number of carbonyl (C=O) groups is 3. The molecule has 0 spiro atoms. The van der Waals surface area contributed by atoms with E-state index < -0.39 is 5.60 Å². The number of rotatable bonds is 6. The number of morpholine rings is 1. The molecule has 0 saturated carbocycles. The van der Waals surface area contributed by atoms with Crippen molar-refractivity contribution in [1.82, 2.24) is 15.2 Å². The first kappa shape index (κ1) is 33.2. The molecule has 2 fully saturated rings. The van der Waals surface area contributed by atoms with Gasteiger partial charge in [0.1, 0.15) is 5.60 Å². The van der Waals surface area contributed by atoms with Crippen LogP contribution in [-0.4, -0.2) is 79.2 Å². The number of ether oxygens (including phenoxy) is 2. The highest BCUT2D eigenvalue weighted by Crippen LogP contribution is 2.49. The highest BCUT2D eigenvalue weighted by atomic mass is 32.1. The lowest BCUT2D eigenvalue weighted by Gasteiger charge is -2.33. The normalized spacial score (nSPS) is 18.5. The molecular formula is C37H46N4O5S. The molecule has 2 saturated heterocycles. The number of hydrogen-bond donors (Lipinski definition) is 1. The smallest absolute Gasteiger partial charge is 0.410 e. The second-order valence-corrected chi connectivity index (χ2v) is 15.8. The van der Waals surface area contributed by atoms with Crippen LogP contribution in [-0.2, 0) is 15.9 Å². The van der Waals surface area contributed by atoms with Crippen molar-refractivity contribution < 1.29 is 23.9 Å². The summed E-state index contributed by atoms with van der Waals surface area (Å²) in [6, 6.07) is 11.7. The number of anilines is 1. The van der Waals surface area contributed by atoms with E-state index in [1.165, 1.54) is 0 Å². The molecule has 47 heavy (non-hydrogen) atoms. The van der Waals surface area contributed by atoms with Gasteiger partial charge in [-0.3, -0.25) is 14.6 Å². The summed E-state index contributed by atoms with van der Waals surface area (Å²) in [7, 11) is 0. The third kappa shape index (κ3) is 7.70. The number of ketones is 1. The predicted molar refractivity (Wildman–Crippen MR) is 185 cm³/mol. The summed E-state index contributed by atoms with van der Waals surface area (Å²) in [6.07, 6.45) is 4.59. The first-order valence-corrected chi connectivity index (χ1v) is 17.5. The van der Waals surface area contributed by atoms with E-state index >= 15 is 0 Å². The summed E-state index contributed by atoms with van der Waals surface area (Å²) in [5.41, 5.74) is 4.90. The second kappa shape index (κ2) is 13.4. The molecule has 0 unspecified atom stereocenters. The number of carbonyl (C=O) groups excluding carboxylic acids is 3. The lowest BCUT2D eigenvalue weighted by atomic mass is 9.75. The highest BCUT2D eigenvalue weighted by molar-refractivity contribution is 7.19. The van der Waals surface area contributed by atoms with Crippen LogP contribution in [0.1, 0.15) is 79.5 Å². The van der Waals surface area contributed by atoms with E-state index in [0.717, 1.165) is 70.2 Å². The Balaban J connectivity index is 1.18. The van der Waals surface area contributed by atoms with E-state index in [1.54, 1.807) is 16.2 Å². The summed E-state index contributed by atoms with van der Waals surface area (Å²) < 4.78 is 11.2. The van der Waals surface area contributed by atoms with Crippen molar-refractivity contribution in [1.29, 1.82) is 0 Å². The van der Waals surface area contributed by atoms with Crippen LogP contribution in [0.5, 0.6) is 0 Å². The quantitative estimate of drug-likeness (QED) is 0.309. The van der Waals surface area contributed by atoms with Crippen molar-refractivity contribution in [2.75, 3.05) is 50.8 Å². The van der Waals surface area contributed by atoms with E-state index in [-0.39, 0.29) is 23.2 Å². The number of hydrogen-bond acceptors (Lipinski definition) is 8.